The zero-order valence-electron chi connectivity index (χ0n) is 11.7. The summed E-state index contributed by atoms with van der Waals surface area (Å²) < 4.78 is 5.20. The molecule has 108 valence electrons. The van der Waals surface area contributed by atoms with E-state index in [1.807, 2.05) is 30.3 Å². The number of aliphatic imine (C=N–C) groups is 1. The number of nitrogens with zero attached hydrogens (tertiary/aromatic N) is 2. The zero-order valence-corrected chi connectivity index (χ0v) is 11.7. The first-order chi connectivity index (χ1) is 9.74. The van der Waals surface area contributed by atoms with Crippen molar-refractivity contribution in [3.63, 3.8) is 0 Å². The predicted molar refractivity (Wildman–Crippen MR) is 76.1 cm³/mol. The lowest BCUT2D eigenvalue weighted by Crippen LogP contribution is -2.28. The molecule has 1 amide bonds. The molecule has 1 rings (SSSR count). The second-order valence-corrected chi connectivity index (χ2v) is 4.50. The summed E-state index contributed by atoms with van der Waals surface area (Å²) >= 11 is 0. The maximum atomic E-state index is 11.7. The van der Waals surface area contributed by atoms with Gasteiger partial charge >= 0.3 is 6.09 Å². The number of carbonyl (C=O) groups excluding carboxylic acids is 2. The van der Waals surface area contributed by atoms with Crippen molar-refractivity contribution in [2.24, 2.45) is 4.99 Å². The molecule has 0 N–H and O–H groups in total. The van der Waals surface area contributed by atoms with Crippen LogP contribution in [0.15, 0.2) is 35.3 Å². The van der Waals surface area contributed by atoms with E-state index in [1.54, 1.807) is 11.9 Å². The third-order valence-corrected chi connectivity index (χ3v) is 2.84. The Balaban J connectivity index is 2.14. The Labute approximate surface area is 119 Å². The summed E-state index contributed by atoms with van der Waals surface area (Å²) in [5, 5.41) is 0. The van der Waals surface area contributed by atoms with Gasteiger partial charge in [-0.1, -0.05) is 30.3 Å². The van der Waals surface area contributed by atoms with Gasteiger partial charge in [0.05, 0.1) is 6.54 Å². The highest BCUT2D eigenvalue weighted by Gasteiger charge is 2.09. The lowest BCUT2D eigenvalue weighted by atomic mass is 10.2. The Morgan fingerprint density at radius 1 is 1.25 bits per heavy atom. The molecule has 0 bridgehead atoms. The van der Waals surface area contributed by atoms with Crippen LogP contribution in [0.25, 0.3) is 0 Å². The number of rotatable bonds is 8. The second-order valence-electron chi connectivity index (χ2n) is 4.50. The summed E-state index contributed by atoms with van der Waals surface area (Å²) in [5.41, 5.74) is 0.973. The number of benzene rings is 1. The summed E-state index contributed by atoms with van der Waals surface area (Å²) in [5.74, 6) is 0. The van der Waals surface area contributed by atoms with Crippen LogP contribution in [0.2, 0.25) is 0 Å². The van der Waals surface area contributed by atoms with Gasteiger partial charge in [0.25, 0.3) is 0 Å². The van der Waals surface area contributed by atoms with Gasteiger partial charge < -0.3 is 9.64 Å². The molecular formula is C15H20N2O3. The van der Waals surface area contributed by atoms with Gasteiger partial charge in [0.15, 0.2) is 0 Å². The monoisotopic (exact) mass is 276 g/mol. The molecule has 1 aromatic rings. The van der Waals surface area contributed by atoms with E-state index in [0.717, 1.165) is 24.8 Å². The van der Waals surface area contributed by atoms with Crippen LogP contribution in [0.3, 0.4) is 0 Å². The Bertz CT molecular complexity index is 442. The van der Waals surface area contributed by atoms with E-state index in [-0.39, 0.29) is 12.7 Å². The highest BCUT2D eigenvalue weighted by molar-refractivity contribution is 5.67. The lowest BCUT2D eigenvalue weighted by molar-refractivity contribution is 0.104. The van der Waals surface area contributed by atoms with Crippen molar-refractivity contribution in [2.75, 3.05) is 20.1 Å². The maximum Gasteiger partial charge on any atom is 0.409 e. The minimum atomic E-state index is -0.320. The van der Waals surface area contributed by atoms with Gasteiger partial charge in [-0.05, 0) is 24.8 Å². The molecule has 0 aliphatic heterocycles. The minimum absolute atomic E-state index is 0.290. The fourth-order valence-electron chi connectivity index (χ4n) is 1.68. The van der Waals surface area contributed by atoms with Gasteiger partial charge in [0.2, 0.25) is 6.08 Å². The first kappa shape index (κ1) is 15.9. The summed E-state index contributed by atoms with van der Waals surface area (Å²) in [6.07, 6.45) is 3.81. The van der Waals surface area contributed by atoms with Crippen molar-refractivity contribution < 1.29 is 14.3 Å². The molecule has 5 nitrogen and oxygen atoms in total. The third kappa shape index (κ3) is 6.71. The predicted octanol–water partition coefficient (Wildman–Crippen LogP) is 2.76. The van der Waals surface area contributed by atoms with Crippen molar-refractivity contribution in [3.8, 4) is 0 Å². The minimum Gasteiger partial charge on any atom is -0.445 e. The Morgan fingerprint density at radius 2 is 2.00 bits per heavy atom. The fraction of sp³-hybridized carbons (Fsp3) is 0.467. The SMILES string of the molecule is CN(CCCCCN=C=O)C(=O)OCc1ccccc1. The molecule has 0 fully saturated rings. The number of unbranched alkanes of at least 4 members (excludes halogenated alkanes) is 2. The second kappa shape index (κ2) is 9.75. The van der Waals surface area contributed by atoms with Crippen LogP contribution in [0.1, 0.15) is 24.8 Å². The first-order valence-corrected chi connectivity index (χ1v) is 6.69. The molecule has 0 saturated carbocycles. The molecule has 0 spiro atoms. The van der Waals surface area contributed by atoms with Crippen molar-refractivity contribution >= 4 is 12.2 Å². The average Bonchev–Trinajstić information content (AvgIpc) is 2.49. The van der Waals surface area contributed by atoms with Crippen LogP contribution < -0.4 is 0 Å². The number of hydrogen-bond donors (Lipinski definition) is 0. The van der Waals surface area contributed by atoms with E-state index in [4.69, 9.17) is 4.74 Å². The van der Waals surface area contributed by atoms with Crippen molar-refractivity contribution in [2.45, 2.75) is 25.9 Å². The number of ether oxygens (including phenoxy) is 1. The van der Waals surface area contributed by atoms with E-state index >= 15 is 0 Å². The maximum absolute atomic E-state index is 11.7. The van der Waals surface area contributed by atoms with Crippen LogP contribution in [0, 0.1) is 0 Å². The van der Waals surface area contributed by atoms with Crippen LogP contribution in [-0.2, 0) is 16.1 Å². The fourth-order valence-corrected chi connectivity index (χ4v) is 1.68. The Kier molecular flexibility index (Phi) is 7.77. The van der Waals surface area contributed by atoms with Crippen LogP contribution in [-0.4, -0.2) is 37.2 Å². The van der Waals surface area contributed by atoms with Gasteiger partial charge in [0.1, 0.15) is 6.61 Å². The molecule has 0 atom stereocenters. The standard InChI is InChI=1S/C15H20N2O3/c1-17(11-7-3-6-10-16-13-18)15(19)20-12-14-8-4-2-5-9-14/h2,4-5,8-9H,3,6-7,10-12H2,1H3. The van der Waals surface area contributed by atoms with E-state index in [2.05, 4.69) is 4.99 Å². The molecule has 20 heavy (non-hydrogen) atoms. The van der Waals surface area contributed by atoms with Gasteiger partial charge in [-0.25, -0.2) is 14.6 Å². The van der Waals surface area contributed by atoms with Crippen molar-refractivity contribution in [3.05, 3.63) is 35.9 Å². The molecule has 0 aromatic heterocycles. The van der Waals surface area contributed by atoms with Crippen LogP contribution in [0.4, 0.5) is 4.79 Å². The van der Waals surface area contributed by atoms with E-state index in [1.165, 1.54) is 6.08 Å². The van der Waals surface area contributed by atoms with E-state index in [9.17, 15) is 9.59 Å². The number of carbonyl (C=O) groups is 1. The summed E-state index contributed by atoms with van der Waals surface area (Å²) in [6.45, 7) is 1.43. The Hall–Kier alpha value is -2.13. The Morgan fingerprint density at radius 3 is 2.70 bits per heavy atom. The van der Waals surface area contributed by atoms with Crippen LogP contribution >= 0.6 is 0 Å². The molecule has 0 saturated heterocycles. The summed E-state index contributed by atoms with van der Waals surface area (Å²) in [4.78, 5) is 26.6. The van der Waals surface area contributed by atoms with Gasteiger partial charge in [0, 0.05) is 13.6 Å². The topological polar surface area (TPSA) is 59.0 Å². The molecular weight excluding hydrogens is 256 g/mol. The number of hydrogen-bond acceptors (Lipinski definition) is 4. The molecule has 5 heteroatoms. The molecule has 1 aromatic carbocycles. The van der Waals surface area contributed by atoms with Crippen LogP contribution in [0.5, 0.6) is 0 Å². The largest absolute Gasteiger partial charge is 0.445 e. The van der Waals surface area contributed by atoms with Crippen molar-refractivity contribution in [1.82, 2.24) is 4.90 Å². The quantitative estimate of drug-likeness (QED) is 0.417. The molecule has 0 unspecified atom stereocenters. The van der Waals surface area contributed by atoms with E-state index in [0.29, 0.717) is 13.1 Å². The van der Waals surface area contributed by atoms with Gasteiger partial charge in [-0.2, -0.15) is 0 Å². The first-order valence-electron chi connectivity index (χ1n) is 6.69. The highest BCUT2D eigenvalue weighted by Crippen LogP contribution is 2.04. The molecule has 0 aliphatic rings. The zero-order chi connectivity index (χ0) is 14.6. The third-order valence-electron chi connectivity index (χ3n) is 2.84. The van der Waals surface area contributed by atoms with Crippen molar-refractivity contribution in [1.29, 1.82) is 0 Å². The molecule has 0 heterocycles. The molecule has 0 aliphatic carbocycles. The van der Waals surface area contributed by atoms with Gasteiger partial charge in [-0.3, -0.25) is 0 Å². The lowest BCUT2D eigenvalue weighted by Gasteiger charge is -2.16. The highest BCUT2D eigenvalue weighted by atomic mass is 16.6. The van der Waals surface area contributed by atoms with Gasteiger partial charge in [-0.15, -0.1) is 0 Å². The smallest absolute Gasteiger partial charge is 0.409 e. The van der Waals surface area contributed by atoms with E-state index < -0.39 is 0 Å². The summed E-state index contributed by atoms with van der Waals surface area (Å²) in [7, 11) is 1.72. The molecule has 0 radical (unpaired) electrons. The number of amides is 1. The summed E-state index contributed by atoms with van der Waals surface area (Å²) in [6, 6.07) is 9.58. The normalized spacial score (nSPS) is 9.65. The number of isocyanates is 1. The average molecular weight is 276 g/mol.